The molecule has 1 fully saturated rings. The van der Waals surface area contributed by atoms with Crippen LogP contribution in [0.4, 0.5) is 16.5 Å². The summed E-state index contributed by atoms with van der Waals surface area (Å²) >= 11 is 1.34. The molecule has 2 aromatic rings. The standard InChI is InChI=1S/C19H23N5O4S/c1-23(9-10-28-2)19-21-16(12-29-19)18(26)20-15-6-5-13(24-7-3-4-8-24)11-14(15)17(25)22-27/h5-6,11-12H,3-4,7-10H2,1-2H3,(H,20,26). The number of ether oxygens (including phenoxy) is 1. The van der Waals surface area contributed by atoms with Gasteiger partial charge in [-0.15, -0.1) is 16.2 Å². The molecule has 1 saturated heterocycles. The lowest BCUT2D eigenvalue weighted by molar-refractivity contribution is 0.100. The summed E-state index contributed by atoms with van der Waals surface area (Å²) in [4.78, 5) is 43.9. The fourth-order valence-electron chi connectivity index (χ4n) is 3.09. The van der Waals surface area contributed by atoms with Gasteiger partial charge < -0.3 is 19.9 Å². The third-order valence-corrected chi connectivity index (χ3v) is 5.67. The highest BCUT2D eigenvalue weighted by atomic mass is 32.1. The van der Waals surface area contributed by atoms with Crippen LogP contribution >= 0.6 is 11.3 Å². The van der Waals surface area contributed by atoms with Crippen molar-refractivity contribution in [3.8, 4) is 0 Å². The van der Waals surface area contributed by atoms with Gasteiger partial charge in [0.15, 0.2) is 5.13 Å². The molecule has 2 amide bonds. The van der Waals surface area contributed by atoms with Crippen LogP contribution < -0.4 is 15.1 Å². The number of carbonyl (C=O) groups is 2. The first-order chi connectivity index (χ1) is 14.0. The lowest BCUT2D eigenvalue weighted by atomic mass is 10.1. The van der Waals surface area contributed by atoms with Crippen molar-refractivity contribution in [2.24, 2.45) is 5.18 Å². The van der Waals surface area contributed by atoms with Crippen LogP contribution in [0.2, 0.25) is 0 Å². The molecule has 2 heterocycles. The maximum Gasteiger partial charge on any atom is 0.318 e. The maximum atomic E-state index is 12.6. The number of nitrogens with zero attached hydrogens (tertiary/aromatic N) is 4. The van der Waals surface area contributed by atoms with Crippen molar-refractivity contribution >= 4 is 39.7 Å². The normalized spacial score (nSPS) is 13.4. The maximum absolute atomic E-state index is 12.6. The Balaban J connectivity index is 1.78. The molecule has 1 aliphatic rings. The van der Waals surface area contributed by atoms with Crippen molar-refractivity contribution in [3.63, 3.8) is 0 Å². The number of carbonyl (C=O) groups excluding carboxylic acids is 2. The minimum Gasteiger partial charge on any atom is -0.383 e. The van der Waals surface area contributed by atoms with E-state index in [2.05, 4.69) is 20.4 Å². The van der Waals surface area contributed by atoms with Crippen LogP contribution in [0.5, 0.6) is 0 Å². The zero-order chi connectivity index (χ0) is 20.8. The van der Waals surface area contributed by atoms with Crippen molar-refractivity contribution in [1.29, 1.82) is 0 Å². The van der Waals surface area contributed by atoms with Crippen molar-refractivity contribution < 1.29 is 14.3 Å². The van der Waals surface area contributed by atoms with E-state index in [0.29, 0.717) is 18.3 Å². The molecule has 1 N–H and O–H groups in total. The van der Waals surface area contributed by atoms with Crippen molar-refractivity contribution in [2.75, 3.05) is 55.5 Å². The highest BCUT2D eigenvalue weighted by Crippen LogP contribution is 2.27. The van der Waals surface area contributed by atoms with Crippen LogP contribution in [0.3, 0.4) is 0 Å². The SMILES string of the molecule is COCCN(C)c1nc(C(=O)Nc2ccc(N3CCCC3)cc2C(=O)N=O)cs1. The number of aromatic nitrogens is 1. The van der Waals surface area contributed by atoms with E-state index in [9.17, 15) is 14.5 Å². The number of methoxy groups -OCH3 is 1. The van der Waals surface area contributed by atoms with E-state index >= 15 is 0 Å². The van der Waals surface area contributed by atoms with Gasteiger partial charge in [0.25, 0.3) is 5.91 Å². The highest BCUT2D eigenvalue weighted by molar-refractivity contribution is 7.13. The Kier molecular flexibility index (Phi) is 6.89. The summed E-state index contributed by atoms with van der Waals surface area (Å²) in [7, 11) is 3.49. The zero-order valence-corrected chi connectivity index (χ0v) is 17.2. The predicted octanol–water partition coefficient (Wildman–Crippen LogP) is 2.98. The van der Waals surface area contributed by atoms with E-state index in [1.165, 1.54) is 11.3 Å². The lowest BCUT2D eigenvalue weighted by Gasteiger charge is -2.19. The van der Waals surface area contributed by atoms with E-state index < -0.39 is 11.8 Å². The Morgan fingerprint density at radius 1 is 1.34 bits per heavy atom. The van der Waals surface area contributed by atoms with Gasteiger partial charge in [0.2, 0.25) is 0 Å². The van der Waals surface area contributed by atoms with Gasteiger partial charge in [-0.25, -0.2) is 4.98 Å². The summed E-state index contributed by atoms with van der Waals surface area (Å²) < 4.78 is 5.05. The quantitative estimate of drug-likeness (QED) is 0.659. The van der Waals surface area contributed by atoms with Crippen LogP contribution in [-0.4, -0.2) is 57.2 Å². The van der Waals surface area contributed by atoms with Gasteiger partial charge in [0.05, 0.1) is 17.9 Å². The number of rotatable bonds is 8. The summed E-state index contributed by atoms with van der Waals surface area (Å²) in [6.07, 6.45) is 2.16. The van der Waals surface area contributed by atoms with Crippen molar-refractivity contribution in [2.45, 2.75) is 12.8 Å². The number of nitrogens with one attached hydrogen (secondary N) is 1. The molecule has 0 saturated carbocycles. The summed E-state index contributed by atoms with van der Waals surface area (Å²) in [5, 5.41) is 7.54. The van der Waals surface area contributed by atoms with Gasteiger partial charge in [-0.1, -0.05) is 0 Å². The molecule has 154 valence electrons. The molecule has 0 aliphatic carbocycles. The smallest absolute Gasteiger partial charge is 0.318 e. The number of amides is 2. The third kappa shape index (κ3) is 4.96. The minimum atomic E-state index is -0.917. The second-order valence-corrected chi connectivity index (χ2v) is 7.54. The van der Waals surface area contributed by atoms with Gasteiger partial charge in [-0.05, 0) is 31.0 Å². The number of anilines is 3. The molecule has 9 nitrogen and oxygen atoms in total. The monoisotopic (exact) mass is 417 g/mol. The molecular weight excluding hydrogens is 394 g/mol. The van der Waals surface area contributed by atoms with E-state index in [0.717, 1.165) is 31.6 Å². The molecule has 1 aliphatic heterocycles. The van der Waals surface area contributed by atoms with Crippen LogP contribution in [0, 0.1) is 4.91 Å². The molecule has 0 atom stereocenters. The third-order valence-electron chi connectivity index (χ3n) is 4.72. The second-order valence-electron chi connectivity index (χ2n) is 6.70. The molecule has 3 rings (SSSR count). The van der Waals surface area contributed by atoms with E-state index in [1.54, 1.807) is 24.6 Å². The van der Waals surface area contributed by atoms with E-state index in [-0.39, 0.29) is 16.9 Å². The Labute approximate surface area is 172 Å². The summed E-state index contributed by atoms with van der Waals surface area (Å²) in [6.45, 7) is 2.98. The first kappa shape index (κ1) is 20.9. The number of benzene rings is 1. The number of thiazole rings is 1. The fraction of sp³-hybridized carbons (Fsp3) is 0.421. The minimum absolute atomic E-state index is 0.0745. The van der Waals surface area contributed by atoms with Crippen molar-refractivity contribution in [3.05, 3.63) is 39.7 Å². The Bertz CT molecular complexity index is 894. The van der Waals surface area contributed by atoms with Crippen molar-refractivity contribution in [1.82, 2.24) is 4.98 Å². The topological polar surface area (TPSA) is 104 Å². The molecule has 0 unspecified atom stereocenters. The van der Waals surface area contributed by atoms with Crippen LogP contribution in [-0.2, 0) is 4.74 Å². The van der Waals surface area contributed by atoms with Gasteiger partial charge >= 0.3 is 5.91 Å². The largest absolute Gasteiger partial charge is 0.383 e. The van der Waals surface area contributed by atoms with Gasteiger partial charge in [-0.3, -0.25) is 9.59 Å². The van der Waals surface area contributed by atoms with E-state index in [4.69, 9.17) is 4.74 Å². The molecule has 1 aromatic heterocycles. The van der Waals surface area contributed by atoms with Gasteiger partial charge in [0, 0.05) is 50.0 Å². The lowest BCUT2D eigenvalue weighted by Crippen LogP contribution is -2.22. The summed E-state index contributed by atoms with van der Waals surface area (Å²) in [5.41, 5.74) is 1.38. The highest BCUT2D eigenvalue weighted by Gasteiger charge is 2.20. The molecule has 1 aromatic carbocycles. The molecular formula is C19H23N5O4S. The second kappa shape index (κ2) is 9.57. The number of hydrogen-bond donors (Lipinski definition) is 1. The van der Waals surface area contributed by atoms with Crippen LogP contribution in [0.15, 0.2) is 28.8 Å². The Morgan fingerprint density at radius 3 is 2.79 bits per heavy atom. The fourth-order valence-corrected chi connectivity index (χ4v) is 3.89. The molecule has 0 spiro atoms. The molecule has 0 radical (unpaired) electrons. The average molecular weight is 417 g/mol. The number of hydrogen-bond acceptors (Lipinski definition) is 8. The molecule has 10 heteroatoms. The first-order valence-electron chi connectivity index (χ1n) is 9.27. The molecule has 29 heavy (non-hydrogen) atoms. The average Bonchev–Trinajstić information content (AvgIpc) is 3.44. The zero-order valence-electron chi connectivity index (χ0n) is 16.4. The molecule has 0 bridgehead atoms. The van der Waals surface area contributed by atoms with Gasteiger partial charge in [-0.2, -0.15) is 0 Å². The van der Waals surface area contributed by atoms with Crippen LogP contribution in [0.25, 0.3) is 0 Å². The first-order valence-corrected chi connectivity index (χ1v) is 10.1. The Hall–Kier alpha value is -2.85. The number of nitroso groups, excluding NO2 is 1. The predicted molar refractivity (Wildman–Crippen MR) is 113 cm³/mol. The van der Waals surface area contributed by atoms with Gasteiger partial charge in [0.1, 0.15) is 5.69 Å². The summed E-state index contributed by atoms with van der Waals surface area (Å²) in [5.74, 6) is -1.37. The van der Waals surface area contributed by atoms with E-state index in [1.807, 2.05) is 18.0 Å². The Morgan fingerprint density at radius 2 is 2.10 bits per heavy atom. The number of likely N-dealkylation sites (N-methyl/N-ethyl adjacent to an activating group) is 1. The summed E-state index contributed by atoms with van der Waals surface area (Å²) in [6, 6.07) is 5.06. The van der Waals surface area contributed by atoms with Crippen LogP contribution in [0.1, 0.15) is 33.7 Å².